The van der Waals surface area contributed by atoms with Crippen molar-refractivity contribution in [3.05, 3.63) is 66.0 Å². The maximum absolute atomic E-state index is 14.1. The fourth-order valence-corrected chi connectivity index (χ4v) is 3.52. The molecule has 1 aliphatic heterocycles. The van der Waals surface area contributed by atoms with Crippen LogP contribution < -0.4 is 11.1 Å². The second kappa shape index (κ2) is 8.40. The predicted molar refractivity (Wildman–Crippen MR) is 108 cm³/mol. The van der Waals surface area contributed by atoms with E-state index in [-0.39, 0.29) is 34.7 Å². The molecule has 30 heavy (non-hydrogen) atoms. The van der Waals surface area contributed by atoms with Gasteiger partial charge in [-0.3, -0.25) is 5.32 Å². The van der Waals surface area contributed by atoms with Crippen LogP contribution in [0.2, 0.25) is 0 Å². The Labute approximate surface area is 171 Å². The van der Waals surface area contributed by atoms with Crippen molar-refractivity contribution in [2.45, 2.75) is 12.8 Å². The van der Waals surface area contributed by atoms with Gasteiger partial charge in [-0.15, -0.1) is 0 Å². The fraction of sp³-hybridized carbons (Fsp3) is 0.238. The summed E-state index contributed by atoms with van der Waals surface area (Å²) in [5.74, 6) is -0.989. The van der Waals surface area contributed by atoms with Crippen molar-refractivity contribution in [1.82, 2.24) is 20.1 Å². The van der Waals surface area contributed by atoms with Gasteiger partial charge in [0.05, 0.1) is 17.1 Å². The van der Waals surface area contributed by atoms with Crippen molar-refractivity contribution in [2.75, 3.05) is 24.1 Å². The first kappa shape index (κ1) is 19.7. The number of carbonyl (C=O) groups excluding carboxylic acids is 1. The van der Waals surface area contributed by atoms with E-state index in [1.54, 1.807) is 11.1 Å². The fourth-order valence-electron chi connectivity index (χ4n) is 3.52. The number of nitrogens with one attached hydrogen (secondary N) is 1. The van der Waals surface area contributed by atoms with E-state index in [9.17, 15) is 13.6 Å². The monoisotopic (exact) mass is 410 g/mol. The summed E-state index contributed by atoms with van der Waals surface area (Å²) in [6.45, 7) is 1.18. The number of anilines is 2. The predicted octanol–water partition coefficient (Wildman–Crippen LogP) is 3.50. The summed E-state index contributed by atoms with van der Waals surface area (Å²) in [5.41, 5.74) is 7.46. The summed E-state index contributed by atoms with van der Waals surface area (Å²) in [6, 6.07) is 9.71. The summed E-state index contributed by atoms with van der Waals surface area (Å²) in [7, 11) is 0. The van der Waals surface area contributed by atoms with Gasteiger partial charge >= 0.3 is 6.03 Å². The molecule has 0 spiro atoms. The quantitative estimate of drug-likeness (QED) is 0.686. The number of benzene rings is 1. The molecule has 1 unspecified atom stereocenters. The van der Waals surface area contributed by atoms with Gasteiger partial charge in [-0.05, 0) is 55.2 Å². The third-order valence-electron chi connectivity index (χ3n) is 5.06. The number of nitrogens with two attached hydrogens (primary N) is 1. The lowest BCUT2D eigenvalue weighted by atomic mass is 10.0. The van der Waals surface area contributed by atoms with Crippen LogP contribution >= 0.6 is 0 Å². The number of nitrogens with zero attached hydrogens (tertiary/aromatic N) is 4. The molecule has 1 saturated heterocycles. The first-order chi connectivity index (χ1) is 14.5. The zero-order valence-electron chi connectivity index (χ0n) is 16.1. The highest BCUT2D eigenvalue weighted by Gasteiger charge is 2.27. The van der Waals surface area contributed by atoms with Gasteiger partial charge in [-0.1, -0.05) is 0 Å². The molecule has 7 nitrogen and oxygen atoms in total. The van der Waals surface area contributed by atoms with Gasteiger partial charge in [0.1, 0.15) is 11.6 Å². The summed E-state index contributed by atoms with van der Waals surface area (Å²) in [4.78, 5) is 18.6. The van der Waals surface area contributed by atoms with Crippen LogP contribution in [0.3, 0.4) is 0 Å². The Balaban J connectivity index is 1.44. The molecule has 3 N–H and O–H groups in total. The number of aromatic nitrogens is 3. The molecule has 2 aromatic heterocycles. The van der Waals surface area contributed by atoms with E-state index in [0.29, 0.717) is 13.1 Å². The van der Waals surface area contributed by atoms with Crippen LogP contribution in [-0.2, 0) is 6.42 Å². The molecule has 1 atom stereocenters. The average Bonchev–Trinajstić information content (AvgIpc) is 3.19. The van der Waals surface area contributed by atoms with Crippen molar-refractivity contribution in [3.63, 3.8) is 0 Å². The minimum Gasteiger partial charge on any atom is -0.396 e. The van der Waals surface area contributed by atoms with Gasteiger partial charge in [0.25, 0.3) is 0 Å². The summed E-state index contributed by atoms with van der Waals surface area (Å²) in [6.07, 6.45) is 3.23. The molecular formula is C21H20F2N6O. The number of pyridine rings is 1. The van der Waals surface area contributed by atoms with Crippen molar-refractivity contribution < 1.29 is 13.6 Å². The third-order valence-corrected chi connectivity index (χ3v) is 5.06. The molecule has 4 rings (SSSR count). The van der Waals surface area contributed by atoms with Gasteiger partial charge in [-0.25, -0.2) is 18.6 Å². The van der Waals surface area contributed by atoms with Gasteiger partial charge < -0.3 is 10.6 Å². The van der Waals surface area contributed by atoms with E-state index in [0.717, 1.165) is 30.7 Å². The number of likely N-dealkylation sites (tertiary alicyclic amines) is 1. The van der Waals surface area contributed by atoms with E-state index in [1.807, 2.05) is 12.1 Å². The van der Waals surface area contributed by atoms with E-state index in [4.69, 9.17) is 5.73 Å². The lowest BCUT2D eigenvalue weighted by molar-refractivity contribution is 0.220. The number of halogens is 2. The van der Waals surface area contributed by atoms with Crippen LogP contribution in [0.25, 0.3) is 11.3 Å². The maximum atomic E-state index is 14.1. The Bertz CT molecular complexity index is 1060. The molecule has 0 aliphatic carbocycles. The molecule has 9 heteroatoms. The molecule has 0 radical (unpaired) electrons. The summed E-state index contributed by atoms with van der Waals surface area (Å²) in [5, 5.41) is 10.7. The topological polar surface area (TPSA) is 97.0 Å². The highest BCUT2D eigenvalue weighted by Crippen LogP contribution is 2.27. The van der Waals surface area contributed by atoms with Crippen LogP contribution in [0.15, 0.2) is 48.7 Å². The highest BCUT2D eigenvalue weighted by molar-refractivity contribution is 5.92. The Kier molecular flexibility index (Phi) is 5.51. The molecule has 1 aliphatic rings. The molecular weight excluding hydrogens is 390 g/mol. The van der Waals surface area contributed by atoms with Gasteiger partial charge in [0.15, 0.2) is 5.82 Å². The molecule has 0 saturated carbocycles. The van der Waals surface area contributed by atoms with Crippen LogP contribution in [0, 0.1) is 17.6 Å². The van der Waals surface area contributed by atoms with E-state index in [1.165, 1.54) is 18.2 Å². The number of hydrogen-bond acceptors (Lipinski definition) is 5. The number of hydrogen-bond donors (Lipinski definition) is 2. The molecule has 3 aromatic rings. The first-order valence-electron chi connectivity index (χ1n) is 9.54. The summed E-state index contributed by atoms with van der Waals surface area (Å²) < 4.78 is 27.3. The molecule has 154 valence electrons. The normalized spacial score (nSPS) is 15.9. The largest absolute Gasteiger partial charge is 0.396 e. The first-order valence-corrected chi connectivity index (χ1v) is 9.54. The smallest absolute Gasteiger partial charge is 0.323 e. The van der Waals surface area contributed by atoms with E-state index < -0.39 is 11.6 Å². The SMILES string of the molecule is Nc1ccc(-c2ccc(F)cc2F)nc1NC(=O)N1CCC(Cc2cccnn2)C1. The van der Waals surface area contributed by atoms with Gasteiger partial charge in [0.2, 0.25) is 0 Å². The summed E-state index contributed by atoms with van der Waals surface area (Å²) >= 11 is 0. The Morgan fingerprint density at radius 1 is 1.23 bits per heavy atom. The lowest BCUT2D eigenvalue weighted by Crippen LogP contribution is -2.33. The Morgan fingerprint density at radius 3 is 2.87 bits per heavy atom. The zero-order chi connectivity index (χ0) is 21.1. The molecule has 0 bridgehead atoms. The maximum Gasteiger partial charge on any atom is 0.323 e. The number of amides is 2. The lowest BCUT2D eigenvalue weighted by Gasteiger charge is -2.18. The van der Waals surface area contributed by atoms with Crippen LogP contribution in [-0.4, -0.2) is 39.2 Å². The second-order valence-corrected chi connectivity index (χ2v) is 7.21. The Hall–Kier alpha value is -3.62. The number of rotatable bonds is 4. The number of nitrogen functional groups attached to an aromatic ring is 1. The number of urea groups is 1. The van der Waals surface area contributed by atoms with Crippen molar-refractivity contribution in [1.29, 1.82) is 0 Å². The van der Waals surface area contributed by atoms with E-state index in [2.05, 4.69) is 20.5 Å². The molecule has 1 aromatic carbocycles. The van der Waals surface area contributed by atoms with Crippen molar-refractivity contribution >= 4 is 17.5 Å². The Morgan fingerprint density at radius 2 is 2.10 bits per heavy atom. The minimum atomic E-state index is -0.740. The average molecular weight is 410 g/mol. The van der Waals surface area contributed by atoms with Gasteiger partial charge in [-0.2, -0.15) is 10.2 Å². The highest BCUT2D eigenvalue weighted by atomic mass is 19.1. The molecule has 3 heterocycles. The third kappa shape index (κ3) is 4.35. The second-order valence-electron chi connectivity index (χ2n) is 7.21. The number of carbonyl (C=O) groups is 1. The minimum absolute atomic E-state index is 0.122. The van der Waals surface area contributed by atoms with E-state index >= 15 is 0 Å². The molecule has 1 fully saturated rings. The van der Waals surface area contributed by atoms with Crippen LogP contribution in [0.1, 0.15) is 12.1 Å². The van der Waals surface area contributed by atoms with Crippen LogP contribution in [0.5, 0.6) is 0 Å². The van der Waals surface area contributed by atoms with Crippen LogP contribution in [0.4, 0.5) is 25.1 Å². The standard InChI is InChI=1S/C21H20F2N6O/c22-14-3-4-16(17(23)11-14)19-6-5-18(24)20(26-19)27-21(30)29-9-7-13(12-29)10-15-2-1-8-25-28-15/h1-6,8,11,13H,7,9-10,12,24H2,(H,26,27,30). The molecule has 2 amide bonds. The van der Waals surface area contributed by atoms with Crippen molar-refractivity contribution in [3.8, 4) is 11.3 Å². The zero-order valence-corrected chi connectivity index (χ0v) is 16.1. The van der Waals surface area contributed by atoms with Gasteiger partial charge in [0, 0.05) is 30.9 Å². The van der Waals surface area contributed by atoms with Crippen molar-refractivity contribution in [2.24, 2.45) is 5.92 Å².